The molecule has 202 valence electrons. The van der Waals surface area contributed by atoms with Crippen LogP contribution in [0.15, 0.2) is 65.0 Å². The van der Waals surface area contributed by atoms with E-state index in [1.54, 1.807) is 6.08 Å². The summed E-state index contributed by atoms with van der Waals surface area (Å²) in [4.78, 5) is 7.21. The van der Waals surface area contributed by atoms with Gasteiger partial charge in [-0.25, -0.2) is 4.99 Å². The molecular weight excluding hydrogens is 505 g/mol. The van der Waals surface area contributed by atoms with E-state index in [0.29, 0.717) is 5.69 Å². The number of H-pyrrole nitrogens is 1. The van der Waals surface area contributed by atoms with Crippen LogP contribution in [-0.2, 0) is 32.1 Å². The van der Waals surface area contributed by atoms with Gasteiger partial charge in [0.25, 0.3) is 0 Å². The molecule has 1 aliphatic heterocycles. The molecule has 0 saturated heterocycles. The van der Waals surface area contributed by atoms with E-state index in [2.05, 4.69) is 21.1 Å². The summed E-state index contributed by atoms with van der Waals surface area (Å²) in [6.07, 6.45) is 13.3. The molecule has 0 atom stereocenters. The van der Waals surface area contributed by atoms with Gasteiger partial charge in [0.2, 0.25) is 5.90 Å². The third kappa shape index (κ3) is 9.10. The number of nitrogens with zero attached hydrogens (tertiary/aromatic N) is 1. The first-order chi connectivity index (χ1) is 17.7. The fourth-order valence-electron chi connectivity index (χ4n) is 3.83. The third-order valence-corrected chi connectivity index (χ3v) is 6.77. The van der Waals surface area contributed by atoms with E-state index in [0.717, 1.165) is 36.6 Å². The smallest absolute Gasteiger partial charge is 0.486 e. The number of aromatic nitrogens is 1. The zero-order valence-corrected chi connectivity index (χ0v) is 21.7. The number of ether oxygens (including phenoxy) is 1. The summed E-state index contributed by atoms with van der Waals surface area (Å²) in [6.45, 7) is 2.33. The van der Waals surface area contributed by atoms with E-state index in [4.69, 9.17) is 4.74 Å². The van der Waals surface area contributed by atoms with Crippen LogP contribution in [0.2, 0.25) is 0 Å². The van der Waals surface area contributed by atoms with Crippen LogP contribution in [0.1, 0.15) is 75.2 Å². The van der Waals surface area contributed by atoms with Gasteiger partial charge in [-0.05, 0) is 36.6 Å². The molecule has 0 radical (unpaired) electrons. The predicted octanol–water partition coefficient (Wildman–Crippen LogP) is 7.42. The van der Waals surface area contributed by atoms with Crippen LogP contribution < -0.4 is 0 Å². The van der Waals surface area contributed by atoms with Crippen LogP contribution >= 0.6 is 0 Å². The molecule has 37 heavy (non-hydrogen) atoms. The lowest BCUT2D eigenvalue weighted by Crippen LogP contribution is -2.27. The standard InChI is InChI=1S/C27H33F3N2O4S/c1-2-3-4-5-6-7-8-12-15-22-16-17-23(31-22)18-24-25(35-20-21-13-10-9-11-14-21)19-26(32-24)36-37(33,34)27(28,29)30/h9-11,13-14,16-19,31H,2-8,12,15,20H2,1H3/b24-18-. The van der Waals surface area contributed by atoms with E-state index in [-0.39, 0.29) is 18.1 Å². The van der Waals surface area contributed by atoms with Crippen molar-refractivity contribution in [3.63, 3.8) is 0 Å². The Morgan fingerprint density at radius 2 is 1.62 bits per heavy atom. The summed E-state index contributed by atoms with van der Waals surface area (Å²) in [5.74, 6) is -0.604. The minimum absolute atomic E-state index is 0.107. The highest BCUT2D eigenvalue weighted by atomic mass is 32.2. The van der Waals surface area contributed by atoms with Crippen LogP contribution in [0.3, 0.4) is 0 Å². The molecule has 0 aliphatic carbocycles. The van der Waals surface area contributed by atoms with E-state index in [1.165, 1.54) is 38.5 Å². The summed E-state index contributed by atoms with van der Waals surface area (Å²) in [6, 6.07) is 12.9. The first kappa shape index (κ1) is 28.6. The molecule has 6 nitrogen and oxygen atoms in total. The van der Waals surface area contributed by atoms with Crippen LogP contribution in [-0.4, -0.2) is 24.8 Å². The minimum Gasteiger partial charge on any atom is -0.486 e. The van der Waals surface area contributed by atoms with E-state index in [9.17, 15) is 21.6 Å². The van der Waals surface area contributed by atoms with Gasteiger partial charge in [-0.15, -0.1) is 0 Å². The molecular formula is C27H33F3N2O4S. The van der Waals surface area contributed by atoms with Gasteiger partial charge in [-0.1, -0.05) is 82.2 Å². The SMILES string of the molecule is CCCCCCCCCCc1ccc(/C=C2\N=C(OS(=O)(=O)C(F)(F)F)C=C2OCc2ccccc2)[nH]1. The largest absolute Gasteiger partial charge is 0.534 e. The number of alkyl halides is 3. The first-order valence-corrected chi connectivity index (χ1v) is 14.0. The number of rotatable bonds is 14. The second-order valence-electron chi connectivity index (χ2n) is 8.91. The fourth-order valence-corrected chi connectivity index (χ4v) is 4.24. The van der Waals surface area contributed by atoms with Crippen LogP contribution in [0.5, 0.6) is 0 Å². The number of hydrogen-bond acceptors (Lipinski definition) is 5. The third-order valence-electron chi connectivity index (χ3n) is 5.81. The first-order valence-electron chi connectivity index (χ1n) is 12.6. The molecule has 1 aliphatic rings. The Morgan fingerprint density at radius 3 is 2.30 bits per heavy atom. The minimum atomic E-state index is -5.85. The number of aliphatic imine (C=N–C) groups is 1. The molecule has 2 heterocycles. The van der Waals surface area contributed by atoms with Crippen molar-refractivity contribution in [2.24, 2.45) is 4.99 Å². The van der Waals surface area contributed by atoms with Gasteiger partial charge in [0, 0.05) is 17.5 Å². The highest BCUT2D eigenvalue weighted by Gasteiger charge is 2.49. The van der Waals surface area contributed by atoms with Crippen molar-refractivity contribution in [1.82, 2.24) is 4.98 Å². The zero-order chi connectivity index (χ0) is 26.7. The number of nitrogens with one attached hydrogen (secondary N) is 1. The Bertz CT molecular complexity index is 1200. The summed E-state index contributed by atoms with van der Waals surface area (Å²) in [5, 5.41) is 0. The lowest BCUT2D eigenvalue weighted by Gasteiger charge is -2.07. The number of aromatic amines is 1. The summed E-state index contributed by atoms with van der Waals surface area (Å²) < 4.78 is 71.2. The van der Waals surface area contributed by atoms with Gasteiger partial charge in [-0.2, -0.15) is 21.6 Å². The molecule has 0 unspecified atom stereocenters. The highest BCUT2D eigenvalue weighted by molar-refractivity contribution is 7.88. The molecule has 0 spiro atoms. The van der Waals surface area contributed by atoms with Crippen LogP contribution in [0.4, 0.5) is 13.2 Å². The van der Waals surface area contributed by atoms with Crippen molar-refractivity contribution >= 4 is 22.1 Å². The quantitative estimate of drug-likeness (QED) is 0.154. The predicted molar refractivity (Wildman–Crippen MR) is 138 cm³/mol. The Kier molecular flexibility index (Phi) is 10.4. The maximum atomic E-state index is 12.8. The van der Waals surface area contributed by atoms with Crippen molar-refractivity contribution in [2.75, 3.05) is 0 Å². The van der Waals surface area contributed by atoms with Gasteiger partial charge in [-0.3, -0.25) is 0 Å². The molecule has 1 N–H and O–H groups in total. The highest BCUT2D eigenvalue weighted by Crippen LogP contribution is 2.29. The maximum Gasteiger partial charge on any atom is 0.534 e. The Balaban J connectivity index is 1.64. The van der Waals surface area contributed by atoms with E-state index >= 15 is 0 Å². The number of hydrogen-bond donors (Lipinski definition) is 1. The molecule has 0 fully saturated rings. The number of benzene rings is 1. The van der Waals surface area contributed by atoms with Crippen molar-refractivity contribution in [2.45, 2.75) is 76.8 Å². The Hall–Kier alpha value is -3.01. The normalized spacial score (nSPS) is 15.1. The summed E-state index contributed by atoms with van der Waals surface area (Å²) in [5.41, 5.74) is -2.88. The lowest BCUT2D eigenvalue weighted by atomic mass is 10.1. The van der Waals surface area contributed by atoms with Gasteiger partial charge >= 0.3 is 15.6 Å². The van der Waals surface area contributed by atoms with Gasteiger partial charge in [0.05, 0.1) is 0 Å². The molecule has 0 bridgehead atoms. The fraction of sp³-hybridized carbons (Fsp3) is 0.444. The van der Waals surface area contributed by atoms with Crippen molar-refractivity contribution in [1.29, 1.82) is 0 Å². The van der Waals surface area contributed by atoms with Crippen LogP contribution in [0, 0.1) is 0 Å². The Morgan fingerprint density at radius 1 is 0.946 bits per heavy atom. The number of aryl methyl sites for hydroxylation is 1. The second-order valence-corrected chi connectivity index (χ2v) is 10.4. The van der Waals surface area contributed by atoms with E-state index in [1.807, 2.05) is 42.5 Å². The van der Waals surface area contributed by atoms with Gasteiger partial charge < -0.3 is 13.9 Å². The van der Waals surface area contributed by atoms with Crippen molar-refractivity contribution in [3.8, 4) is 0 Å². The molecule has 0 saturated carbocycles. The molecule has 0 amide bonds. The molecule has 3 rings (SSSR count). The topological polar surface area (TPSA) is 80.8 Å². The molecule has 1 aromatic carbocycles. The lowest BCUT2D eigenvalue weighted by molar-refractivity contribution is -0.0504. The van der Waals surface area contributed by atoms with Gasteiger partial charge in [0.1, 0.15) is 12.3 Å². The average molecular weight is 539 g/mol. The molecule has 1 aromatic heterocycles. The van der Waals surface area contributed by atoms with Crippen molar-refractivity contribution in [3.05, 3.63) is 76.9 Å². The average Bonchev–Trinajstić information content (AvgIpc) is 3.45. The number of halogens is 3. The molecule has 2 aromatic rings. The Labute approximate surface area is 216 Å². The molecule has 10 heteroatoms. The zero-order valence-electron chi connectivity index (χ0n) is 20.9. The van der Waals surface area contributed by atoms with E-state index < -0.39 is 21.5 Å². The maximum absolute atomic E-state index is 12.8. The second kappa shape index (κ2) is 13.5. The summed E-state index contributed by atoms with van der Waals surface area (Å²) in [7, 11) is -5.85. The monoisotopic (exact) mass is 538 g/mol. The van der Waals surface area contributed by atoms with Crippen molar-refractivity contribution < 1.29 is 30.5 Å². The number of unbranched alkanes of at least 4 members (excludes halogenated alkanes) is 7. The summed E-state index contributed by atoms with van der Waals surface area (Å²) >= 11 is 0. The van der Waals surface area contributed by atoms with Crippen LogP contribution in [0.25, 0.3) is 6.08 Å². The van der Waals surface area contributed by atoms with Gasteiger partial charge in [0.15, 0.2) is 5.76 Å².